The monoisotopic (exact) mass is 290 g/mol. The quantitative estimate of drug-likeness (QED) is 0.721. The highest BCUT2D eigenvalue weighted by molar-refractivity contribution is 6.07. The zero-order valence-electron chi connectivity index (χ0n) is 12.7. The van der Waals surface area contributed by atoms with Crippen LogP contribution in [0.2, 0.25) is 0 Å². The van der Waals surface area contributed by atoms with Gasteiger partial charge in [-0.3, -0.25) is 4.90 Å². The highest BCUT2D eigenvalue weighted by Gasteiger charge is 2.12. The van der Waals surface area contributed by atoms with Gasteiger partial charge in [0.15, 0.2) is 0 Å². The Kier molecular flexibility index (Phi) is 3.79. The number of carbonyl (C=O) groups excluding carboxylic acids is 1. The molecule has 0 aromatic heterocycles. The highest BCUT2D eigenvalue weighted by Crippen LogP contribution is 2.24. The van der Waals surface area contributed by atoms with Crippen molar-refractivity contribution in [3.8, 4) is 0 Å². The van der Waals surface area contributed by atoms with Crippen molar-refractivity contribution < 1.29 is 4.79 Å². The average Bonchev–Trinajstić information content (AvgIpc) is 2.54. The fourth-order valence-electron chi connectivity index (χ4n) is 2.49. The van der Waals surface area contributed by atoms with Gasteiger partial charge in [-0.1, -0.05) is 48.5 Å². The summed E-state index contributed by atoms with van der Waals surface area (Å²) in [6.45, 7) is 2.01. The number of nitrogens with one attached hydrogen (secondary N) is 1. The summed E-state index contributed by atoms with van der Waals surface area (Å²) in [7, 11) is 1.77. The van der Waals surface area contributed by atoms with Gasteiger partial charge >= 0.3 is 6.03 Å². The van der Waals surface area contributed by atoms with Gasteiger partial charge in [0.1, 0.15) is 0 Å². The summed E-state index contributed by atoms with van der Waals surface area (Å²) in [5.41, 5.74) is 2.82. The molecule has 0 aliphatic carbocycles. The third-order valence-electron chi connectivity index (χ3n) is 3.72. The predicted molar refractivity (Wildman–Crippen MR) is 92.5 cm³/mol. The van der Waals surface area contributed by atoms with Crippen molar-refractivity contribution in [1.29, 1.82) is 0 Å². The highest BCUT2D eigenvalue weighted by atomic mass is 16.2. The van der Waals surface area contributed by atoms with Crippen LogP contribution in [0.5, 0.6) is 0 Å². The lowest BCUT2D eigenvalue weighted by Crippen LogP contribution is -2.31. The Balaban J connectivity index is 1.87. The number of amides is 2. The van der Waals surface area contributed by atoms with Crippen LogP contribution in [0.1, 0.15) is 5.56 Å². The SMILES string of the molecule is Cc1cccc(N(C)C(=O)Nc2cccc3ccccc23)c1. The van der Waals surface area contributed by atoms with Crippen LogP contribution in [0, 0.1) is 6.92 Å². The number of aryl methyl sites for hydroxylation is 1. The van der Waals surface area contributed by atoms with Crippen molar-refractivity contribution in [2.24, 2.45) is 0 Å². The van der Waals surface area contributed by atoms with Crippen molar-refractivity contribution in [2.45, 2.75) is 6.92 Å². The second kappa shape index (κ2) is 5.90. The number of rotatable bonds is 2. The zero-order valence-corrected chi connectivity index (χ0v) is 12.7. The minimum Gasteiger partial charge on any atom is -0.307 e. The molecule has 0 radical (unpaired) electrons. The summed E-state index contributed by atoms with van der Waals surface area (Å²) in [5.74, 6) is 0. The number of carbonyl (C=O) groups is 1. The molecule has 0 saturated heterocycles. The van der Waals surface area contributed by atoms with Gasteiger partial charge in [0, 0.05) is 18.1 Å². The molecule has 3 aromatic rings. The molecule has 3 heteroatoms. The summed E-state index contributed by atoms with van der Waals surface area (Å²) < 4.78 is 0. The van der Waals surface area contributed by atoms with Crippen LogP contribution >= 0.6 is 0 Å². The number of fused-ring (bicyclic) bond motifs is 1. The van der Waals surface area contributed by atoms with E-state index in [1.54, 1.807) is 11.9 Å². The van der Waals surface area contributed by atoms with E-state index in [-0.39, 0.29) is 6.03 Å². The van der Waals surface area contributed by atoms with E-state index in [4.69, 9.17) is 0 Å². The molecule has 2 amide bonds. The van der Waals surface area contributed by atoms with Crippen LogP contribution in [0.25, 0.3) is 10.8 Å². The third-order valence-corrected chi connectivity index (χ3v) is 3.72. The molecule has 3 nitrogen and oxygen atoms in total. The average molecular weight is 290 g/mol. The van der Waals surface area contributed by atoms with Crippen LogP contribution in [-0.2, 0) is 0 Å². The molecule has 3 aromatic carbocycles. The van der Waals surface area contributed by atoms with Crippen molar-refractivity contribution in [3.05, 3.63) is 72.3 Å². The molecule has 0 saturated carbocycles. The van der Waals surface area contributed by atoms with Crippen LogP contribution in [0.3, 0.4) is 0 Å². The molecule has 0 heterocycles. The number of anilines is 2. The molecule has 0 bridgehead atoms. The maximum atomic E-state index is 12.5. The molecule has 3 rings (SSSR count). The van der Waals surface area contributed by atoms with Crippen molar-refractivity contribution >= 4 is 28.2 Å². The topological polar surface area (TPSA) is 32.3 Å². The van der Waals surface area contributed by atoms with Gasteiger partial charge in [0.25, 0.3) is 0 Å². The first-order chi connectivity index (χ1) is 10.6. The van der Waals surface area contributed by atoms with Crippen LogP contribution in [-0.4, -0.2) is 13.1 Å². The van der Waals surface area contributed by atoms with E-state index in [2.05, 4.69) is 5.32 Å². The molecular weight excluding hydrogens is 272 g/mol. The molecule has 0 aliphatic heterocycles. The van der Waals surface area contributed by atoms with E-state index >= 15 is 0 Å². The molecule has 110 valence electrons. The van der Waals surface area contributed by atoms with Crippen LogP contribution < -0.4 is 10.2 Å². The number of urea groups is 1. The lowest BCUT2D eigenvalue weighted by atomic mass is 10.1. The first-order valence-corrected chi connectivity index (χ1v) is 7.24. The summed E-state index contributed by atoms with van der Waals surface area (Å²) in [4.78, 5) is 14.1. The van der Waals surface area contributed by atoms with E-state index in [0.29, 0.717) is 0 Å². The molecule has 0 aliphatic rings. The first-order valence-electron chi connectivity index (χ1n) is 7.24. The Morgan fingerprint density at radius 3 is 2.50 bits per heavy atom. The van der Waals surface area contributed by atoms with Gasteiger partial charge in [0.2, 0.25) is 0 Å². The van der Waals surface area contributed by atoms with Gasteiger partial charge in [-0.15, -0.1) is 0 Å². The molecule has 22 heavy (non-hydrogen) atoms. The maximum Gasteiger partial charge on any atom is 0.326 e. The Morgan fingerprint density at radius 1 is 0.955 bits per heavy atom. The smallest absolute Gasteiger partial charge is 0.307 e. The first kappa shape index (κ1) is 14.1. The number of hydrogen-bond acceptors (Lipinski definition) is 1. The predicted octanol–water partition coefficient (Wildman–Crippen LogP) is 4.82. The Morgan fingerprint density at radius 2 is 1.68 bits per heavy atom. The molecular formula is C19H18N2O. The fourth-order valence-corrected chi connectivity index (χ4v) is 2.49. The summed E-state index contributed by atoms with van der Waals surface area (Å²) in [5, 5.41) is 5.14. The number of hydrogen-bond donors (Lipinski definition) is 1. The van der Waals surface area contributed by atoms with E-state index in [0.717, 1.165) is 27.7 Å². The molecule has 0 unspecified atom stereocenters. The van der Waals surface area contributed by atoms with Crippen LogP contribution in [0.15, 0.2) is 66.7 Å². The van der Waals surface area contributed by atoms with Gasteiger partial charge < -0.3 is 5.32 Å². The molecule has 0 fully saturated rings. The summed E-state index contributed by atoms with van der Waals surface area (Å²) >= 11 is 0. The maximum absolute atomic E-state index is 12.5. The molecule has 0 atom stereocenters. The fraction of sp³-hybridized carbons (Fsp3) is 0.105. The Bertz CT molecular complexity index is 821. The van der Waals surface area contributed by atoms with Crippen molar-refractivity contribution in [1.82, 2.24) is 0 Å². The summed E-state index contributed by atoms with van der Waals surface area (Å²) in [6.07, 6.45) is 0. The standard InChI is InChI=1S/C19H18N2O/c1-14-7-5-10-16(13-14)21(2)19(22)20-18-12-6-9-15-8-3-4-11-17(15)18/h3-13H,1-2H3,(H,20,22). The van der Waals surface area contributed by atoms with E-state index in [9.17, 15) is 4.79 Å². The normalized spacial score (nSPS) is 10.5. The van der Waals surface area contributed by atoms with Gasteiger partial charge in [-0.25, -0.2) is 4.79 Å². The van der Waals surface area contributed by atoms with Gasteiger partial charge in [-0.05, 0) is 36.1 Å². The largest absolute Gasteiger partial charge is 0.326 e. The Labute approximate surface area is 130 Å². The summed E-state index contributed by atoms with van der Waals surface area (Å²) in [6, 6.07) is 21.7. The van der Waals surface area contributed by atoms with Crippen molar-refractivity contribution in [2.75, 3.05) is 17.3 Å². The minimum absolute atomic E-state index is 0.151. The van der Waals surface area contributed by atoms with E-state index in [1.807, 2.05) is 73.7 Å². The second-order valence-electron chi connectivity index (χ2n) is 5.35. The van der Waals surface area contributed by atoms with E-state index in [1.165, 1.54) is 0 Å². The zero-order chi connectivity index (χ0) is 15.5. The lowest BCUT2D eigenvalue weighted by Gasteiger charge is -2.19. The Hall–Kier alpha value is -2.81. The van der Waals surface area contributed by atoms with Gasteiger partial charge in [0.05, 0.1) is 5.69 Å². The minimum atomic E-state index is -0.151. The number of nitrogens with zero attached hydrogens (tertiary/aromatic N) is 1. The van der Waals surface area contributed by atoms with E-state index < -0.39 is 0 Å². The van der Waals surface area contributed by atoms with Gasteiger partial charge in [-0.2, -0.15) is 0 Å². The number of benzene rings is 3. The lowest BCUT2D eigenvalue weighted by molar-refractivity contribution is 0.258. The molecule has 0 spiro atoms. The van der Waals surface area contributed by atoms with Crippen LogP contribution in [0.4, 0.5) is 16.2 Å². The second-order valence-corrected chi connectivity index (χ2v) is 5.35. The van der Waals surface area contributed by atoms with Crippen molar-refractivity contribution in [3.63, 3.8) is 0 Å². The molecule has 1 N–H and O–H groups in total. The third kappa shape index (κ3) is 2.79.